The normalized spacial score (nSPS) is 33.5. The second-order valence-electron chi connectivity index (χ2n) is 5.12. The predicted octanol–water partition coefficient (Wildman–Crippen LogP) is 0.889. The van der Waals surface area contributed by atoms with Gasteiger partial charge in [-0.15, -0.1) is 0 Å². The smallest absolute Gasteiger partial charge is 0.257 e. The summed E-state index contributed by atoms with van der Waals surface area (Å²) in [6.07, 6.45) is 5.10. The number of hydrogen-bond donors (Lipinski definition) is 1. The Hall–Kier alpha value is -1.65. The molecule has 4 nitrogen and oxygen atoms in total. The van der Waals surface area contributed by atoms with Gasteiger partial charge in [-0.2, -0.15) is 0 Å². The molecular formula is C14H14N2O2. The van der Waals surface area contributed by atoms with E-state index in [1.54, 1.807) is 11.0 Å². The molecule has 1 aromatic carbocycles. The van der Waals surface area contributed by atoms with Crippen LogP contribution in [-0.2, 0) is 5.72 Å². The third kappa shape index (κ3) is 1.01. The van der Waals surface area contributed by atoms with Crippen molar-refractivity contribution in [1.29, 1.82) is 0 Å². The average Bonchev–Trinajstić information content (AvgIpc) is 2.83. The van der Waals surface area contributed by atoms with Crippen molar-refractivity contribution in [2.24, 2.45) is 0 Å². The van der Waals surface area contributed by atoms with Crippen molar-refractivity contribution < 1.29 is 9.90 Å². The summed E-state index contributed by atoms with van der Waals surface area (Å²) in [5.74, 6) is -0.0594. The molecule has 3 aliphatic heterocycles. The number of hydrogen-bond acceptors (Lipinski definition) is 3. The first-order valence-corrected chi connectivity index (χ1v) is 6.27. The van der Waals surface area contributed by atoms with Gasteiger partial charge in [0.15, 0.2) is 5.72 Å². The summed E-state index contributed by atoms with van der Waals surface area (Å²) in [4.78, 5) is 16.1. The van der Waals surface area contributed by atoms with Gasteiger partial charge in [-0.05, 0) is 12.5 Å². The van der Waals surface area contributed by atoms with Gasteiger partial charge in [-0.1, -0.05) is 30.4 Å². The maximum Gasteiger partial charge on any atom is 0.257 e. The average molecular weight is 242 g/mol. The lowest BCUT2D eigenvalue weighted by atomic mass is 9.93. The number of benzene rings is 1. The van der Waals surface area contributed by atoms with Crippen LogP contribution < -0.4 is 0 Å². The second-order valence-corrected chi connectivity index (χ2v) is 5.12. The van der Waals surface area contributed by atoms with Crippen LogP contribution in [0.3, 0.4) is 0 Å². The van der Waals surface area contributed by atoms with Gasteiger partial charge in [0, 0.05) is 17.7 Å². The van der Waals surface area contributed by atoms with Gasteiger partial charge in [-0.25, -0.2) is 0 Å². The van der Waals surface area contributed by atoms with Gasteiger partial charge in [0.2, 0.25) is 0 Å². The van der Waals surface area contributed by atoms with Crippen LogP contribution in [0.5, 0.6) is 0 Å². The molecule has 2 atom stereocenters. The lowest BCUT2D eigenvalue weighted by Gasteiger charge is -2.32. The lowest BCUT2D eigenvalue weighted by molar-refractivity contribution is -0.0649. The molecule has 1 aromatic rings. The number of carbonyl (C=O) groups excluding carboxylic acids is 1. The fourth-order valence-corrected chi connectivity index (χ4v) is 3.38. The van der Waals surface area contributed by atoms with E-state index in [0.717, 1.165) is 18.5 Å². The Morgan fingerprint density at radius 1 is 1.33 bits per heavy atom. The number of amides is 1. The molecule has 4 heteroatoms. The highest BCUT2D eigenvalue weighted by molar-refractivity contribution is 6.00. The van der Waals surface area contributed by atoms with Crippen molar-refractivity contribution in [2.75, 3.05) is 13.2 Å². The van der Waals surface area contributed by atoms with Gasteiger partial charge >= 0.3 is 0 Å². The van der Waals surface area contributed by atoms with Gasteiger partial charge < -0.3 is 5.11 Å². The quantitative estimate of drug-likeness (QED) is 0.687. The maximum atomic E-state index is 12.3. The number of fused-ring (bicyclic) bond motifs is 5. The molecule has 1 saturated heterocycles. The van der Waals surface area contributed by atoms with E-state index in [1.807, 2.05) is 24.3 Å². The molecule has 18 heavy (non-hydrogen) atoms. The van der Waals surface area contributed by atoms with Crippen LogP contribution in [0.1, 0.15) is 22.3 Å². The van der Waals surface area contributed by atoms with Crippen molar-refractivity contribution in [2.45, 2.75) is 18.2 Å². The topological polar surface area (TPSA) is 43.8 Å². The van der Waals surface area contributed by atoms with Crippen LogP contribution >= 0.6 is 0 Å². The highest BCUT2D eigenvalue weighted by Gasteiger charge is 2.59. The summed E-state index contributed by atoms with van der Waals surface area (Å²) in [6.45, 7) is 1.41. The van der Waals surface area contributed by atoms with Gasteiger partial charge in [-0.3, -0.25) is 14.6 Å². The molecular weight excluding hydrogens is 228 g/mol. The zero-order valence-electron chi connectivity index (χ0n) is 9.91. The summed E-state index contributed by atoms with van der Waals surface area (Å²) >= 11 is 0. The molecule has 0 aromatic heterocycles. The highest BCUT2D eigenvalue weighted by atomic mass is 16.3. The van der Waals surface area contributed by atoms with Crippen molar-refractivity contribution in [3.63, 3.8) is 0 Å². The molecule has 0 unspecified atom stereocenters. The molecule has 0 spiro atoms. The lowest BCUT2D eigenvalue weighted by Crippen LogP contribution is -2.46. The standard InChI is InChI=1S/C14H14N2O2/c17-13-10-5-1-2-6-11(10)14(18)12-7-3-4-8-15(12)9-16(13)14/h1-3,5-7,12,18H,4,8-9H2/t12-,14+/m1/s1. The summed E-state index contributed by atoms with van der Waals surface area (Å²) in [5, 5.41) is 11.1. The van der Waals surface area contributed by atoms with Crippen molar-refractivity contribution >= 4 is 5.91 Å². The van der Waals surface area contributed by atoms with Crippen LogP contribution in [0.4, 0.5) is 0 Å². The van der Waals surface area contributed by atoms with E-state index in [0.29, 0.717) is 12.2 Å². The minimum atomic E-state index is -1.18. The summed E-state index contributed by atoms with van der Waals surface area (Å²) < 4.78 is 0. The van der Waals surface area contributed by atoms with E-state index in [4.69, 9.17) is 0 Å². The minimum Gasteiger partial charge on any atom is -0.365 e. The number of aliphatic hydroxyl groups is 1. The van der Waals surface area contributed by atoms with Crippen LogP contribution in [0.25, 0.3) is 0 Å². The molecule has 0 radical (unpaired) electrons. The molecule has 3 aliphatic rings. The Morgan fingerprint density at radius 2 is 2.17 bits per heavy atom. The molecule has 3 heterocycles. The highest BCUT2D eigenvalue weighted by Crippen LogP contribution is 2.46. The Kier molecular flexibility index (Phi) is 1.84. The molecule has 0 bridgehead atoms. The zero-order chi connectivity index (χ0) is 12.3. The Balaban J connectivity index is 1.94. The monoisotopic (exact) mass is 242 g/mol. The van der Waals surface area contributed by atoms with E-state index >= 15 is 0 Å². The molecule has 0 saturated carbocycles. The number of carbonyl (C=O) groups is 1. The molecule has 1 N–H and O–H groups in total. The summed E-state index contributed by atoms with van der Waals surface area (Å²) in [6, 6.07) is 7.27. The van der Waals surface area contributed by atoms with E-state index in [1.165, 1.54) is 0 Å². The third-order valence-electron chi connectivity index (χ3n) is 4.24. The summed E-state index contributed by atoms with van der Waals surface area (Å²) in [7, 11) is 0. The van der Waals surface area contributed by atoms with E-state index in [2.05, 4.69) is 11.0 Å². The van der Waals surface area contributed by atoms with E-state index < -0.39 is 5.72 Å². The molecule has 4 rings (SSSR count). The Bertz CT molecular complexity index is 569. The van der Waals surface area contributed by atoms with Crippen LogP contribution in [-0.4, -0.2) is 40.1 Å². The Morgan fingerprint density at radius 3 is 3.06 bits per heavy atom. The molecule has 0 aliphatic carbocycles. The fraction of sp³-hybridized carbons (Fsp3) is 0.357. The van der Waals surface area contributed by atoms with Crippen molar-refractivity contribution in [3.8, 4) is 0 Å². The molecule has 92 valence electrons. The first-order valence-electron chi connectivity index (χ1n) is 6.27. The number of rotatable bonds is 0. The van der Waals surface area contributed by atoms with E-state index in [-0.39, 0.29) is 11.9 Å². The maximum absolute atomic E-state index is 12.3. The fourth-order valence-electron chi connectivity index (χ4n) is 3.38. The first-order chi connectivity index (χ1) is 8.73. The molecule has 1 amide bonds. The van der Waals surface area contributed by atoms with Crippen LogP contribution in [0, 0.1) is 0 Å². The van der Waals surface area contributed by atoms with Crippen LogP contribution in [0.15, 0.2) is 36.4 Å². The molecule has 1 fully saturated rings. The second kappa shape index (κ2) is 3.22. The van der Waals surface area contributed by atoms with Crippen LogP contribution in [0.2, 0.25) is 0 Å². The Labute approximate surface area is 105 Å². The van der Waals surface area contributed by atoms with Gasteiger partial charge in [0.25, 0.3) is 5.91 Å². The minimum absolute atomic E-state index is 0.0594. The van der Waals surface area contributed by atoms with Crippen molar-refractivity contribution in [3.05, 3.63) is 47.5 Å². The first kappa shape index (κ1) is 10.3. The zero-order valence-corrected chi connectivity index (χ0v) is 9.91. The van der Waals surface area contributed by atoms with Crippen molar-refractivity contribution in [1.82, 2.24) is 9.80 Å². The predicted molar refractivity (Wildman–Crippen MR) is 65.6 cm³/mol. The van der Waals surface area contributed by atoms with Gasteiger partial charge in [0.05, 0.1) is 12.7 Å². The SMILES string of the molecule is O=C1c2ccccc2[C@]2(O)[C@H]3C=CCCN3CN12. The largest absolute Gasteiger partial charge is 0.365 e. The van der Waals surface area contributed by atoms with Gasteiger partial charge in [0.1, 0.15) is 0 Å². The van der Waals surface area contributed by atoms with E-state index in [9.17, 15) is 9.90 Å². The third-order valence-corrected chi connectivity index (χ3v) is 4.24. The summed E-state index contributed by atoms with van der Waals surface area (Å²) in [5.41, 5.74) is 0.206. The number of nitrogens with zero attached hydrogens (tertiary/aromatic N) is 2.